The molecular formula is C16H23NO. The van der Waals surface area contributed by atoms with Gasteiger partial charge in [0, 0.05) is 17.3 Å². The van der Waals surface area contributed by atoms with Gasteiger partial charge in [-0.05, 0) is 49.9 Å². The normalized spacial score (nSPS) is 23.7. The maximum absolute atomic E-state index is 11.2. The van der Waals surface area contributed by atoms with Gasteiger partial charge in [-0.1, -0.05) is 26.2 Å². The van der Waals surface area contributed by atoms with Crippen LogP contribution in [0.1, 0.15) is 56.3 Å². The summed E-state index contributed by atoms with van der Waals surface area (Å²) in [6.07, 6.45) is 6.57. The molecule has 1 aliphatic rings. The van der Waals surface area contributed by atoms with Crippen LogP contribution in [0.25, 0.3) is 0 Å². The molecule has 2 unspecified atom stereocenters. The number of hydrogen-bond acceptors (Lipinski definition) is 2. The Balaban J connectivity index is 1.94. The molecule has 0 saturated heterocycles. The number of carbonyl (C=O) groups excluding carboxylic acids is 1. The van der Waals surface area contributed by atoms with Crippen molar-refractivity contribution in [2.45, 2.75) is 52.0 Å². The largest absolute Gasteiger partial charge is 0.382 e. The number of ketones is 1. The molecule has 2 heteroatoms. The molecule has 2 rings (SSSR count). The van der Waals surface area contributed by atoms with E-state index in [4.69, 9.17) is 0 Å². The summed E-state index contributed by atoms with van der Waals surface area (Å²) < 4.78 is 0. The fourth-order valence-electron chi connectivity index (χ4n) is 2.83. The molecule has 0 heterocycles. The van der Waals surface area contributed by atoms with Crippen LogP contribution in [-0.4, -0.2) is 11.8 Å². The van der Waals surface area contributed by atoms with Crippen LogP contribution < -0.4 is 5.32 Å². The van der Waals surface area contributed by atoms with Crippen LogP contribution >= 0.6 is 0 Å². The lowest BCUT2D eigenvalue weighted by atomic mass is 9.84. The molecule has 0 aliphatic heterocycles. The summed E-state index contributed by atoms with van der Waals surface area (Å²) in [5.41, 5.74) is 1.93. The molecule has 1 aromatic carbocycles. The van der Waals surface area contributed by atoms with Gasteiger partial charge in [0.15, 0.2) is 5.78 Å². The van der Waals surface area contributed by atoms with E-state index < -0.39 is 0 Å². The number of anilines is 1. The lowest BCUT2D eigenvalue weighted by Crippen LogP contribution is -2.27. The summed E-state index contributed by atoms with van der Waals surface area (Å²) in [5, 5.41) is 3.60. The molecule has 2 nitrogen and oxygen atoms in total. The number of hydrogen-bond donors (Lipinski definition) is 1. The second kappa shape index (κ2) is 6.03. The average molecular weight is 245 g/mol. The molecule has 0 spiro atoms. The Bertz CT molecular complexity index is 396. The highest BCUT2D eigenvalue weighted by atomic mass is 16.1. The number of carbonyl (C=O) groups is 1. The van der Waals surface area contributed by atoms with Gasteiger partial charge in [-0.3, -0.25) is 4.79 Å². The van der Waals surface area contributed by atoms with Crippen molar-refractivity contribution in [3.63, 3.8) is 0 Å². The second-order valence-corrected chi connectivity index (χ2v) is 5.42. The predicted molar refractivity (Wildman–Crippen MR) is 76.1 cm³/mol. The first-order valence-corrected chi connectivity index (χ1v) is 7.06. The SMILES string of the molecule is CCC1CCCC(Nc2ccc(C(C)=O)cc2)C1. The fraction of sp³-hybridized carbons (Fsp3) is 0.562. The summed E-state index contributed by atoms with van der Waals surface area (Å²) >= 11 is 0. The summed E-state index contributed by atoms with van der Waals surface area (Å²) in [6.45, 7) is 3.89. The van der Waals surface area contributed by atoms with Crippen LogP contribution in [0.5, 0.6) is 0 Å². The first-order chi connectivity index (χ1) is 8.69. The van der Waals surface area contributed by atoms with Gasteiger partial charge in [-0.2, -0.15) is 0 Å². The zero-order chi connectivity index (χ0) is 13.0. The monoisotopic (exact) mass is 245 g/mol. The fourth-order valence-corrected chi connectivity index (χ4v) is 2.83. The zero-order valence-corrected chi connectivity index (χ0v) is 11.4. The van der Waals surface area contributed by atoms with Gasteiger partial charge in [0.05, 0.1) is 0 Å². The Kier molecular flexibility index (Phi) is 4.40. The molecule has 18 heavy (non-hydrogen) atoms. The third-order valence-corrected chi connectivity index (χ3v) is 4.02. The second-order valence-electron chi connectivity index (χ2n) is 5.42. The molecule has 0 aromatic heterocycles. The van der Waals surface area contributed by atoms with E-state index in [2.05, 4.69) is 12.2 Å². The van der Waals surface area contributed by atoms with Crippen molar-refractivity contribution < 1.29 is 4.79 Å². The molecule has 1 N–H and O–H groups in total. The summed E-state index contributed by atoms with van der Waals surface area (Å²) in [7, 11) is 0. The molecule has 1 aliphatic carbocycles. The van der Waals surface area contributed by atoms with Gasteiger partial charge >= 0.3 is 0 Å². The molecule has 0 bridgehead atoms. The lowest BCUT2D eigenvalue weighted by molar-refractivity contribution is 0.101. The molecule has 1 aromatic rings. The topological polar surface area (TPSA) is 29.1 Å². The van der Waals surface area contributed by atoms with Crippen molar-refractivity contribution in [2.24, 2.45) is 5.92 Å². The highest BCUT2D eigenvalue weighted by Crippen LogP contribution is 2.28. The summed E-state index contributed by atoms with van der Waals surface area (Å²) in [6, 6.07) is 8.46. The minimum atomic E-state index is 0.130. The minimum Gasteiger partial charge on any atom is -0.382 e. The van der Waals surface area contributed by atoms with E-state index in [1.54, 1.807) is 6.92 Å². The zero-order valence-electron chi connectivity index (χ0n) is 11.4. The van der Waals surface area contributed by atoms with E-state index >= 15 is 0 Å². The van der Waals surface area contributed by atoms with Gasteiger partial charge in [0.25, 0.3) is 0 Å². The highest BCUT2D eigenvalue weighted by molar-refractivity contribution is 5.94. The van der Waals surface area contributed by atoms with Gasteiger partial charge in [-0.15, -0.1) is 0 Å². The third kappa shape index (κ3) is 3.34. The predicted octanol–water partition coefficient (Wildman–Crippen LogP) is 4.27. The van der Waals surface area contributed by atoms with Gasteiger partial charge in [0.2, 0.25) is 0 Å². The first kappa shape index (κ1) is 13.1. The van der Waals surface area contributed by atoms with Crippen molar-refractivity contribution in [1.29, 1.82) is 0 Å². The molecule has 1 fully saturated rings. The Labute approximate surface area is 110 Å². The van der Waals surface area contributed by atoms with Crippen molar-refractivity contribution in [1.82, 2.24) is 0 Å². The maximum Gasteiger partial charge on any atom is 0.159 e. The molecule has 0 amide bonds. The minimum absolute atomic E-state index is 0.130. The van der Waals surface area contributed by atoms with Gasteiger partial charge < -0.3 is 5.32 Å². The van der Waals surface area contributed by atoms with Crippen LogP contribution in [0.15, 0.2) is 24.3 Å². The molecule has 0 radical (unpaired) electrons. The van der Waals surface area contributed by atoms with Gasteiger partial charge in [0.1, 0.15) is 0 Å². The van der Waals surface area contributed by atoms with Crippen molar-refractivity contribution >= 4 is 11.5 Å². The van der Waals surface area contributed by atoms with Crippen LogP contribution in [0, 0.1) is 5.92 Å². The average Bonchev–Trinajstić information content (AvgIpc) is 2.39. The third-order valence-electron chi connectivity index (χ3n) is 4.02. The van der Waals surface area contributed by atoms with Crippen LogP contribution in [0.3, 0.4) is 0 Å². The van der Waals surface area contributed by atoms with E-state index in [1.165, 1.54) is 32.1 Å². The standard InChI is InChI=1S/C16H23NO/c1-3-13-5-4-6-16(11-13)17-15-9-7-14(8-10-15)12(2)18/h7-10,13,16-17H,3-6,11H2,1-2H3. The Morgan fingerprint density at radius 1 is 1.28 bits per heavy atom. The van der Waals surface area contributed by atoms with Crippen molar-refractivity contribution in [3.05, 3.63) is 29.8 Å². The van der Waals surface area contributed by atoms with Crippen LogP contribution in [0.4, 0.5) is 5.69 Å². The molecule has 1 saturated carbocycles. The van der Waals surface area contributed by atoms with Crippen LogP contribution in [0.2, 0.25) is 0 Å². The Morgan fingerprint density at radius 2 is 2.00 bits per heavy atom. The summed E-state index contributed by atoms with van der Waals surface area (Å²) in [5.74, 6) is 1.01. The quantitative estimate of drug-likeness (QED) is 0.803. The molecule has 2 atom stereocenters. The Morgan fingerprint density at radius 3 is 2.61 bits per heavy atom. The lowest BCUT2D eigenvalue weighted by Gasteiger charge is -2.29. The van der Waals surface area contributed by atoms with Crippen LogP contribution in [-0.2, 0) is 0 Å². The summed E-state index contributed by atoms with van der Waals surface area (Å²) in [4.78, 5) is 11.2. The van der Waals surface area contributed by atoms with E-state index in [1.807, 2.05) is 24.3 Å². The molecule has 98 valence electrons. The number of benzene rings is 1. The van der Waals surface area contributed by atoms with E-state index in [0.29, 0.717) is 6.04 Å². The number of rotatable bonds is 4. The first-order valence-electron chi connectivity index (χ1n) is 7.06. The van der Waals surface area contributed by atoms with E-state index in [-0.39, 0.29) is 5.78 Å². The van der Waals surface area contributed by atoms with E-state index in [0.717, 1.165) is 17.2 Å². The maximum atomic E-state index is 11.2. The number of Topliss-reactive ketones (excluding diaryl/α,β-unsaturated/α-hetero) is 1. The smallest absolute Gasteiger partial charge is 0.159 e. The molecular weight excluding hydrogens is 222 g/mol. The van der Waals surface area contributed by atoms with Gasteiger partial charge in [-0.25, -0.2) is 0 Å². The van der Waals surface area contributed by atoms with Crippen molar-refractivity contribution in [3.8, 4) is 0 Å². The Hall–Kier alpha value is -1.31. The van der Waals surface area contributed by atoms with E-state index in [9.17, 15) is 4.79 Å². The number of nitrogens with one attached hydrogen (secondary N) is 1. The highest BCUT2D eigenvalue weighted by Gasteiger charge is 2.20. The van der Waals surface area contributed by atoms with Crippen molar-refractivity contribution in [2.75, 3.05) is 5.32 Å².